The summed E-state index contributed by atoms with van der Waals surface area (Å²) in [6.45, 7) is 1.97. The Morgan fingerprint density at radius 1 is 1.24 bits per heavy atom. The molecule has 196 valence electrons. The van der Waals surface area contributed by atoms with Crippen LogP contribution in [0.15, 0.2) is 23.0 Å². The number of amides is 1. The Labute approximate surface area is 218 Å². The van der Waals surface area contributed by atoms with Gasteiger partial charge in [-0.1, -0.05) is 13.0 Å². The third kappa shape index (κ3) is 3.24. The number of nitrogens with zero attached hydrogens (tertiary/aromatic N) is 2. The molecule has 9 heteroatoms. The molecule has 2 aliphatic carbocycles. The fraction of sp³-hybridized carbons (Fsp3) is 0.448. The zero-order valence-corrected chi connectivity index (χ0v) is 21.2. The van der Waals surface area contributed by atoms with Crippen molar-refractivity contribution in [2.24, 2.45) is 5.92 Å². The number of benzene rings is 1. The Kier molecular flexibility index (Phi) is 5.09. The molecule has 4 heterocycles. The SMILES string of the molecule is CC[C@@]1(O)C(=O)OCc2c1cc1n(c2=O)Cc2c-1nc1ccc3c(c1c2CNC(=O)C(O)C1CC1)CCC3. The molecule has 1 unspecified atom stereocenters. The largest absolute Gasteiger partial charge is 0.458 e. The van der Waals surface area contributed by atoms with Gasteiger partial charge in [-0.2, -0.15) is 0 Å². The first-order chi connectivity index (χ1) is 18.3. The van der Waals surface area contributed by atoms with Gasteiger partial charge in [-0.3, -0.25) is 9.59 Å². The number of aliphatic hydroxyl groups excluding tert-OH is 1. The van der Waals surface area contributed by atoms with Gasteiger partial charge in [-0.15, -0.1) is 0 Å². The lowest BCUT2D eigenvalue weighted by molar-refractivity contribution is -0.172. The summed E-state index contributed by atoms with van der Waals surface area (Å²) in [7, 11) is 0. The fourth-order valence-electron chi connectivity index (χ4n) is 6.46. The minimum absolute atomic E-state index is 0.0236. The standard InChI is InChI=1S/C29H29N3O6/c1-2-29(37)20-10-22-24-18(12-32(22)27(35)19(20)13-38-28(29)36)17(11-30-26(34)25(33)15-6-7-15)23-16-5-3-4-14(16)8-9-21(23)31-24/h8-10,15,25,33,37H,2-7,11-13H2,1H3,(H,30,34)/t25?,29-/m0/s1. The van der Waals surface area contributed by atoms with Crippen molar-refractivity contribution in [3.05, 3.63) is 61.9 Å². The van der Waals surface area contributed by atoms with Gasteiger partial charge < -0.3 is 24.8 Å². The predicted molar refractivity (Wildman–Crippen MR) is 137 cm³/mol. The molecule has 1 saturated carbocycles. The molecule has 3 aromatic rings. The van der Waals surface area contributed by atoms with Crippen LogP contribution in [-0.2, 0) is 52.5 Å². The second-order valence-electron chi connectivity index (χ2n) is 11.0. The topological polar surface area (TPSA) is 131 Å². The van der Waals surface area contributed by atoms with Crippen molar-refractivity contribution in [2.75, 3.05) is 0 Å². The number of nitrogens with one attached hydrogen (secondary N) is 1. The lowest BCUT2D eigenvalue weighted by atomic mass is 9.86. The van der Waals surface area contributed by atoms with Crippen molar-refractivity contribution in [1.29, 1.82) is 0 Å². The van der Waals surface area contributed by atoms with E-state index in [4.69, 9.17) is 9.72 Å². The van der Waals surface area contributed by atoms with Crippen LogP contribution in [0.25, 0.3) is 22.3 Å². The van der Waals surface area contributed by atoms with Crippen molar-refractivity contribution in [3.63, 3.8) is 0 Å². The summed E-state index contributed by atoms with van der Waals surface area (Å²) in [5, 5.41) is 25.5. The monoisotopic (exact) mass is 515 g/mol. The Balaban J connectivity index is 1.41. The maximum atomic E-state index is 13.6. The van der Waals surface area contributed by atoms with Crippen LogP contribution in [-0.4, -0.2) is 37.7 Å². The Hall–Kier alpha value is -3.56. The average molecular weight is 516 g/mol. The van der Waals surface area contributed by atoms with Gasteiger partial charge in [0.15, 0.2) is 5.60 Å². The van der Waals surface area contributed by atoms with E-state index in [2.05, 4.69) is 11.4 Å². The van der Waals surface area contributed by atoms with Crippen molar-refractivity contribution < 1.29 is 24.5 Å². The summed E-state index contributed by atoms with van der Waals surface area (Å²) in [6, 6.07) is 5.80. The number of carbonyl (C=O) groups excluding carboxylic acids is 2. The van der Waals surface area contributed by atoms with Crippen LogP contribution in [0.5, 0.6) is 0 Å². The van der Waals surface area contributed by atoms with E-state index in [0.717, 1.165) is 54.1 Å². The summed E-state index contributed by atoms with van der Waals surface area (Å²) in [4.78, 5) is 43.9. The molecule has 1 amide bonds. The molecule has 7 rings (SSSR count). The number of rotatable bonds is 5. The highest BCUT2D eigenvalue weighted by Crippen LogP contribution is 2.42. The number of cyclic esters (lactones) is 1. The van der Waals surface area contributed by atoms with Crippen molar-refractivity contribution >= 4 is 22.8 Å². The molecule has 4 aliphatic rings. The maximum absolute atomic E-state index is 13.6. The van der Waals surface area contributed by atoms with E-state index in [-0.39, 0.29) is 54.6 Å². The summed E-state index contributed by atoms with van der Waals surface area (Å²) < 4.78 is 6.81. The highest BCUT2D eigenvalue weighted by Gasteiger charge is 2.45. The normalized spacial score (nSPS) is 21.9. The smallest absolute Gasteiger partial charge is 0.343 e. The lowest BCUT2D eigenvalue weighted by Gasteiger charge is -2.31. The van der Waals surface area contributed by atoms with Crippen LogP contribution >= 0.6 is 0 Å². The van der Waals surface area contributed by atoms with E-state index in [0.29, 0.717) is 11.4 Å². The number of pyridine rings is 2. The zero-order chi connectivity index (χ0) is 26.3. The molecule has 1 aromatic carbocycles. The van der Waals surface area contributed by atoms with Gasteiger partial charge in [0.2, 0.25) is 5.91 Å². The average Bonchev–Trinajstić information content (AvgIpc) is 3.54. The molecule has 2 atom stereocenters. The second kappa shape index (κ2) is 8.22. The Morgan fingerprint density at radius 3 is 2.82 bits per heavy atom. The highest BCUT2D eigenvalue weighted by molar-refractivity contribution is 5.93. The highest BCUT2D eigenvalue weighted by atomic mass is 16.6. The molecule has 9 nitrogen and oxygen atoms in total. The van der Waals surface area contributed by atoms with Gasteiger partial charge in [0, 0.05) is 23.1 Å². The number of hydrogen-bond acceptors (Lipinski definition) is 7. The Bertz CT molecular complexity index is 1620. The molecule has 1 fully saturated rings. The maximum Gasteiger partial charge on any atom is 0.343 e. The van der Waals surface area contributed by atoms with Gasteiger partial charge in [0.05, 0.1) is 29.0 Å². The van der Waals surface area contributed by atoms with Gasteiger partial charge in [0.1, 0.15) is 12.7 Å². The van der Waals surface area contributed by atoms with Crippen LogP contribution < -0.4 is 10.9 Å². The molecular weight excluding hydrogens is 486 g/mol. The summed E-state index contributed by atoms with van der Waals surface area (Å²) >= 11 is 0. The van der Waals surface area contributed by atoms with Gasteiger partial charge in [-0.25, -0.2) is 9.78 Å². The van der Waals surface area contributed by atoms with E-state index >= 15 is 0 Å². The molecular formula is C29H29N3O6. The van der Waals surface area contributed by atoms with Crippen LogP contribution in [0.1, 0.15) is 66.0 Å². The Morgan fingerprint density at radius 2 is 2.05 bits per heavy atom. The third-order valence-corrected chi connectivity index (χ3v) is 8.82. The van der Waals surface area contributed by atoms with E-state index in [1.807, 2.05) is 6.07 Å². The van der Waals surface area contributed by atoms with Crippen LogP contribution in [0, 0.1) is 5.92 Å². The first kappa shape index (κ1) is 23.5. The number of hydrogen-bond donors (Lipinski definition) is 3. The molecule has 2 aromatic heterocycles. The zero-order valence-electron chi connectivity index (χ0n) is 21.2. The fourth-order valence-corrected chi connectivity index (χ4v) is 6.46. The minimum atomic E-state index is -1.89. The van der Waals surface area contributed by atoms with Gasteiger partial charge in [-0.05, 0) is 73.3 Å². The van der Waals surface area contributed by atoms with Crippen LogP contribution in [0.3, 0.4) is 0 Å². The quantitative estimate of drug-likeness (QED) is 0.346. The number of aromatic nitrogens is 2. The van der Waals surface area contributed by atoms with Crippen molar-refractivity contribution in [3.8, 4) is 11.4 Å². The summed E-state index contributed by atoms with van der Waals surface area (Å²) in [5.41, 5.74) is 4.52. The van der Waals surface area contributed by atoms with E-state index in [1.54, 1.807) is 17.6 Å². The number of fused-ring (bicyclic) bond motifs is 7. The number of ether oxygens (including phenoxy) is 1. The van der Waals surface area contributed by atoms with E-state index in [9.17, 15) is 24.6 Å². The predicted octanol–water partition coefficient (Wildman–Crippen LogP) is 1.96. The van der Waals surface area contributed by atoms with Crippen LogP contribution in [0.2, 0.25) is 0 Å². The lowest BCUT2D eigenvalue weighted by Crippen LogP contribution is -2.44. The molecule has 0 bridgehead atoms. The number of aryl methyl sites for hydroxylation is 2. The minimum Gasteiger partial charge on any atom is -0.458 e. The number of aliphatic hydroxyl groups is 2. The molecule has 0 saturated heterocycles. The first-order valence-electron chi connectivity index (χ1n) is 13.4. The van der Waals surface area contributed by atoms with E-state index in [1.165, 1.54) is 11.1 Å². The molecule has 3 N–H and O–H groups in total. The second-order valence-corrected chi connectivity index (χ2v) is 11.0. The molecule has 38 heavy (non-hydrogen) atoms. The van der Waals surface area contributed by atoms with Gasteiger partial charge >= 0.3 is 5.97 Å². The van der Waals surface area contributed by atoms with Crippen molar-refractivity contribution in [2.45, 2.75) is 76.9 Å². The first-order valence-corrected chi connectivity index (χ1v) is 13.4. The third-order valence-electron chi connectivity index (χ3n) is 8.82. The summed E-state index contributed by atoms with van der Waals surface area (Å²) in [6.07, 6.45) is 3.73. The van der Waals surface area contributed by atoms with Crippen LogP contribution in [0.4, 0.5) is 0 Å². The summed E-state index contributed by atoms with van der Waals surface area (Å²) in [5.74, 6) is -1.11. The number of esters is 1. The molecule has 0 spiro atoms. The van der Waals surface area contributed by atoms with E-state index < -0.39 is 17.7 Å². The van der Waals surface area contributed by atoms with Gasteiger partial charge in [0.25, 0.3) is 5.56 Å². The van der Waals surface area contributed by atoms with Crippen molar-refractivity contribution in [1.82, 2.24) is 14.9 Å². The number of carbonyl (C=O) groups is 2. The molecule has 2 aliphatic heterocycles. The molecule has 0 radical (unpaired) electrons.